The molecular formula is C8H12N2O. The van der Waals surface area contributed by atoms with Gasteiger partial charge >= 0.3 is 0 Å². The van der Waals surface area contributed by atoms with Crippen LogP contribution in [0.5, 0.6) is 0 Å². The van der Waals surface area contributed by atoms with Crippen LogP contribution in [0.4, 0.5) is 0 Å². The van der Waals surface area contributed by atoms with E-state index in [-0.39, 0.29) is 0 Å². The van der Waals surface area contributed by atoms with Crippen LogP contribution in [0.3, 0.4) is 0 Å². The fraction of sp³-hybridized carbons (Fsp3) is 0.375. The minimum absolute atomic E-state index is 0.744. The molecule has 0 saturated carbocycles. The molecule has 0 aliphatic rings. The van der Waals surface area contributed by atoms with Crippen molar-refractivity contribution in [1.82, 2.24) is 10.5 Å². The molecule has 0 aliphatic carbocycles. The second-order valence-electron chi connectivity index (χ2n) is 2.23. The predicted octanol–water partition coefficient (Wildman–Crippen LogP) is 1.34. The summed E-state index contributed by atoms with van der Waals surface area (Å²) < 4.78 is 4.88. The first-order valence-electron chi connectivity index (χ1n) is 3.64. The summed E-state index contributed by atoms with van der Waals surface area (Å²) in [6.07, 6.45) is 4.51. The zero-order chi connectivity index (χ0) is 7.94. The highest BCUT2D eigenvalue weighted by Gasteiger charge is 1.93. The van der Waals surface area contributed by atoms with Gasteiger partial charge in [-0.05, 0) is 13.0 Å². The molecule has 11 heavy (non-hydrogen) atoms. The fourth-order valence-corrected chi connectivity index (χ4v) is 0.749. The lowest BCUT2D eigenvalue weighted by molar-refractivity contribution is 0.373. The lowest BCUT2D eigenvalue weighted by Gasteiger charge is -1.96. The second kappa shape index (κ2) is 4.68. The molecule has 1 aromatic rings. The van der Waals surface area contributed by atoms with Gasteiger partial charge in [0.15, 0.2) is 0 Å². The van der Waals surface area contributed by atoms with E-state index in [9.17, 15) is 0 Å². The van der Waals surface area contributed by atoms with Crippen molar-refractivity contribution < 1.29 is 4.52 Å². The molecule has 0 aliphatic heterocycles. The summed E-state index contributed by atoms with van der Waals surface area (Å²) in [6.45, 7) is 5.30. The summed E-state index contributed by atoms with van der Waals surface area (Å²) in [5.41, 5.74) is 0. The Hall–Kier alpha value is -1.09. The highest BCUT2D eigenvalue weighted by atomic mass is 16.5. The summed E-state index contributed by atoms with van der Waals surface area (Å²) in [5, 5.41) is 6.77. The molecule has 0 fully saturated rings. The van der Waals surface area contributed by atoms with E-state index < -0.39 is 0 Å². The lowest BCUT2D eigenvalue weighted by Crippen LogP contribution is -2.13. The van der Waals surface area contributed by atoms with Crippen molar-refractivity contribution in [3.8, 4) is 0 Å². The van der Waals surface area contributed by atoms with Crippen LogP contribution in [0, 0.1) is 0 Å². The van der Waals surface area contributed by atoms with Gasteiger partial charge in [-0.25, -0.2) is 0 Å². The van der Waals surface area contributed by atoms with E-state index in [0.29, 0.717) is 0 Å². The maximum Gasteiger partial charge on any atom is 0.150 e. The molecule has 1 rings (SSSR count). The standard InChI is InChI=1S/C8H12N2O/c1-2-3-5-9-7-8-4-6-10-11-8/h2,4,6,9H,1,3,5,7H2. The summed E-state index contributed by atoms with van der Waals surface area (Å²) in [6, 6.07) is 1.85. The number of rotatable bonds is 5. The van der Waals surface area contributed by atoms with Crippen LogP contribution in [-0.2, 0) is 6.54 Å². The molecule has 0 bridgehead atoms. The third-order valence-electron chi connectivity index (χ3n) is 1.32. The van der Waals surface area contributed by atoms with Gasteiger partial charge in [0.2, 0.25) is 0 Å². The molecule has 0 saturated heterocycles. The Morgan fingerprint density at radius 2 is 2.64 bits per heavy atom. The van der Waals surface area contributed by atoms with Crippen molar-refractivity contribution in [3.63, 3.8) is 0 Å². The molecular weight excluding hydrogens is 140 g/mol. The van der Waals surface area contributed by atoms with E-state index in [1.165, 1.54) is 0 Å². The predicted molar refractivity (Wildman–Crippen MR) is 43.0 cm³/mol. The van der Waals surface area contributed by atoms with Gasteiger partial charge in [0, 0.05) is 6.07 Å². The van der Waals surface area contributed by atoms with Crippen molar-refractivity contribution in [2.75, 3.05) is 6.54 Å². The molecule has 3 heteroatoms. The van der Waals surface area contributed by atoms with E-state index in [4.69, 9.17) is 4.52 Å². The molecule has 0 spiro atoms. The Morgan fingerprint density at radius 3 is 3.27 bits per heavy atom. The molecule has 0 unspecified atom stereocenters. The Bertz CT molecular complexity index is 194. The van der Waals surface area contributed by atoms with Gasteiger partial charge < -0.3 is 9.84 Å². The van der Waals surface area contributed by atoms with Crippen LogP contribution in [0.15, 0.2) is 29.4 Å². The van der Waals surface area contributed by atoms with Crippen LogP contribution in [-0.4, -0.2) is 11.7 Å². The molecule has 0 aromatic carbocycles. The molecule has 3 nitrogen and oxygen atoms in total. The first-order valence-corrected chi connectivity index (χ1v) is 3.64. The van der Waals surface area contributed by atoms with Crippen molar-refractivity contribution in [1.29, 1.82) is 0 Å². The Labute approximate surface area is 66.1 Å². The number of hydrogen-bond donors (Lipinski definition) is 1. The summed E-state index contributed by atoms with van der Waals surface area (Å²) in [7, 11) is 0. The molecule has 0 amide bonds. The Kier molecular flexibility index (Phi) is 3.41. The highest BCUT2D eigenvalue weighted by molar-refractivity contribution is 4.91. The largest absolute Gasteiger partial charge is 0.360 e. The van der Waals surface area contributed by atoms with Crippen molar-refractivity contribution in [3.05, 3.63) is 30.7 Å². The van der Waals surface area contributed by atoms with Crippen molar-refractivity contribution >= 4 is 0 Å². The quantitative estimate of drug-likeness (QED) is 0.511. The third kappa shape index (κ3) is 3.00. The minimum Gasteiger partial charge on any atom is -0.360 e. The van der Waals surface area contributed by atoms with Gasteiger partial charge in [0.05, 0.1) is 12.7 Å². The van der Waals surface area contributed by atoms with Crippen LogP contribution in [0.25, 0.3) is 0 Å². The highest BCUT2D eigenvalue weighted by Crippen LogP contribution is 1.94. The van der Waals surface area contributed by atoms with Gasteiger partial charge in [-0.1, -0.05) is 11.2 Å². The maximum absolute atomic E-state index is 4.88. The molecule has 1 heterocycles. The molecule has 0 radical (unpaired) electrons. The van der Waals surface area contributed by atoms with Crippen molar-refractivity contribution in [2.45, 2.75) is 13.0 Å². The van der Waals surface area contributed by atoms with Crippen LogP contribution < -0.4 is 5.32 Å². The Balaban J connectivity index is 2.09. The second-order valence-corrected chi connectivity index (χ2v) is 2.23. The third-order valence-corrected chi connectivity index (χ3v) is 1.32. The topological polar surface area (TPSA) is 38.1 Å². The Morgan fingerprint density at radius 1 is 1.73 bits per heavy atom. The number of nitrogens with one attached hydrogen (secondary N) is 1. The molecule has 1 aromatic heterocycles. The van der Waals surface area contributed by atoms with Crippen LogP contribution in [0.2, 0.25) is 0 Å². The zero-order valence-corrected chi connectivity index (χ0v) is 6.42. The molecule has 1 N–H and O–H groups in total. The minimum atomic E-state index is 0.744. The average Bonchev–Trinajstić information content (AvgIpc) is 2.50. The van der Waals surface area contributed by atoms with Crippen LogP contribution in [0.1, 0.15) is 12.2 Å². The number of aromatic nitrogens is 1. The van der Waals surface area contributed by atoms with Gasteiger partial charge in [-0.2, -0.15) is 0 Å². The molecule has 60 valence electrons. The van der Waals surface area contributed by atoms with Gasteiger partial charge in [-0.15, -0.1) is 6.58 Å². The maximum atomic E-state index is 4.88. The average molecular weight is 152 g/mol. The SMILES string of the molecule is C=CCCNCc1ccno1. The molecule has 0 atom stereocenters. The fourth-order valence-electron chi connectivity index (χ4n) is 0.749. The summed E-state index contributed by atoms with van der Waals surface area (Å²) in [5.74, 6) is 0.870. The normalized spacial score (nSPS) is 9.82. The number of nitrogens with zero attached hydrogens (tertiary/aromatic N) is 1. The first kappa shape index (κ1) is 8.01. The van der Waals surface area contributed by atoms with Gasteiger partial charge in [0.25, 0.3) is 0 Å². The summed E-state index contributed by atoms with van der Waals surface area (Å²) in [4.78, 5) is 0. The van der Waals surface area contributed by atoms with E-state index in [1.54, 1.807) is 6.20 Å². The van der Waals surface area contributed by atoms with Gasteiger partial charge in [-0.3, -0.25) is 0 Å². The van der Waals surface area contributed by atoms with E-state index >= 15 is 0 Å². The van der Waals surface area contributed by atoms with E-state index in [0.717, 1.165) is 25.3 Å². The van der Waals surface area contributed by atoms with Crippen LogP contribution >= 0.6 is 0 Å². The van der Waals surface area contributed by atoms with E-state index in [1.807, 2.05) is 12.1 Å². The summed E-state index contributed by atoms with van der Waals surface area (Å²) >= 11 is 0. The van der Waals surface area contributed by atoms with Gasteiger partial charge in [0.1, 0.15) is 5.76 Å². The first-order chi connectivity index (χ1) is 5.43. The van der Waals surface area contributed by atoms with Crippen molar-refractivity contribution in [2.24, 2.45) is 0 Å². The lowest BCUT2D eigenvalue weighted by atomic mass is 10.4. The number of hydrogen-bond acceptors (Lipinski definition) is 3. The smallest absolute Gasteiger partial charge is 0.150 e. The van der Waals surface area contributed by atoms with E-state index in [2.05, 4.69) is 17.1 Å². The monoisotopic (exact) mass is 152 g/mol. The zero-order valence-electron chi connectivity index (χ0n) is 6.42.